The van der Waals surface area contributed by atoms with Gasteiger partial charge in [-0.2, -0.15) is 0 Å². The minimum Gasteiger partial charge on any atom is -0.493 e. The summed E-state index contributed by atoms with van der Waals surface area (Å²) >= 11 is 0. The molecule has 7 heteroatoms. The Morgan fingerprint density at radius 3 is 2.08 bits per heavy atom. The van der Waals surface area contributed by atoms with Gasteiger partial charge < -0.3 is 25.3 Å². The summed E-state index contributed by atoms with van der Waals surface area (Å²) in [7, 11) is 4.78. The molecule has 0 saturated heterocycles. The lowest BCUT2D eigenvalue weighted by atomic mass is 10.0. The molecule has 150 valence electrons. The van der Waals surface area contributed by atoms with Gasteiger partial charge in [-0.15, -0.1) is 24.0 Å². The van der Waals surface area contributed by atoms with Gasteiger partial charge >= 0.3 is 0 Å². The molecule has 0 fully saturated rings. The van der Waals surface area contributed by atoms with Gasteiger partial charge in [-0.05, 0) is 37.0 Å². The lowest BCUT2D eigenvalue weighted by Crippen LogP contribution is -2.38. The fourth-order valence-corrected chi connectivity index (χ4v) is 2.61. The number of nitrogens with one attached hydrogen (secondary N) is 1. The molecule has 0 heterocycles. The van der Waals surface area contributed by atoms with Crippen molar-refractivity contribution in [1.82, 2.24) is 5.32 Å². The average Bonchev–Trinajstić information content (AvgIpc) is 2.58. The molecule has 0 aliphatic heterocycles. The molecule has 1 aromatic rings. The first-order chi connectivity index (χ1) is 11.9. The number of halogens is 1. The lowest BCUT2D eigenvalue weighted by molar-refractivity contribution is 0.324. The summed E-state index contributed by atoms with van der Waals surface area (Å²) in [5, 5.41) is 3.24. The third-order valence-electron chi connectivity index (χ3n) is 3.97. The highest BCUT2D eigenvalue weighted by molar-refractivity contribution is 14.0. The molecule has 1 rings (SSSR count). The van der Waals surface area contributed by atoms with Crippen molar-refractivity contribution in [1.29, 1.82) is 0 Å². The largest absolute Gasteiger partial charge is 0.493 e. The molecule has 26 heavy (non-hydrogen) atoms. The molecular formula is C19H34IN3O3. The standard InChI is InChI=1S/C19H33N3O3.HI/c1-13(2)8-7-9-14(3)22-19(20)21-12-15-10-16(23-4)18(25-6)17(11-15)24-5;/h10-11,13-14H,7-9,12H2,1-6H3,(H3,20,21,22);1H. The fourth-order valence-electron chi connectivity index (χ4n) is 2.61. The Kier molecular flexibility index (Phi) is 12.2. The van der Waals surface area contributed by atoms with E-state index in [0.29, 0.717) is 35.8 Å². The van der Waals surface area contributed by atoms with Crippen molar-refractivity contribution in [2.45, 2.75) is 52.6 Å². The Morgan fingerprint density at radius 2 is 1.62 bits per heavy atom. The van der Waals surface area contributed by atoms with Gasteiger partial charge in [0.15, 0.2) is 17.5 Å². The average molecular weight is 479 g/mol. The van der Waals surface area contributed by atoms with Gasteiger partial charge in [0, 0.05) is 6.04 Å². The number of benzene rings is 1. The van der Waals surface area contributed by atoms with Crippen LogP contribution in [0.3, 0.4) is 0 Å². The van der Waals surface area contributed by atoms with Crippen molar-refractivity contribution in [3.05, 3.63) is 17.7 Å². The molecule has 0 bridgehead atoms. The SMILES string of the molecule is COc1cc(CN=C(N)NC(C)CCCC(C)C)cc(OC)c1OC.I. The molecule has 6 nitrogen and oxygen atoms in total. The third kappa shape index (κ3) is 8.33. The number of guanidine groups is 1. The Balaban J connectivity index is 0.00000625. The predicted octanol–water partition coefficient (Wildman–Crippen LogP) is 3.95. The fraction of sp³-hybridized carbons (Fsp3) is 0.632. The first-order valence-electron chi connectivity index (χ1n) is 8.76. The summed E-state index contributed by atoms with van der Waals surface area (Å²) in [5.74, 6) is 2.98. The summed E-state index contributed by atoms with van der Waals surface area (Å²) in [6.07, 6.45) is 3.50. The molecule has 1 atom stereocenters. The van der Waals surface area contributed by atoms with Crippen LogP contribution in [0.2, 0.25) is 0 Å². The second kappa shape index (κ2) is 12.9. The van der Waals surface area contributed by atoms with E-state index in [0.717, 1.165) is 17.9 Å². The molecule has 0 spiro atoms. The number of nitrogens with zero attached hydrogens (tertiary/aromatic N) is 1. The zero-order valence-corrected chi connectivity index (χ0v) is 19.1. The molecule has 0 aliphatic rings. The van der Waals surface area contributed by atoms with E-state index in [1.807, 2.05) is 12.1 Å². The molecule has 0 saturated carbocycles. The number of ether oxygens (including phenoxy) is 3. The molecule has 1 unspecified atom stereocenters. The summed E-state index contributed by atoms with van der Waals surface area (Å²) < 4.78 is 16.0. The molecule has 0 amide bonds. The molecule has 1 aromatic carbocycles. The lowest BCUT2D eigenvalue weighted by Gasteiger charge is -2.16. The Hall–Kier alpha value is -1.38. The Morgan fingerprint density at radius 1 is 1.04 bits per heavy atom. The topological polar surface area (TPSA) is 78.1 Å². The van der Waals surface area contributed by atoms with Crippen molar-refractivity contribution in [2.24, 2.45) is 16.6 Å². The summed E-state index contributed by atoms with van der Waals surface area (Å²) in [4.78, 5) is 4.42. The number of aliphatic imine (C=N–C) groups is 1. The minimum atomic E-state index is 0. The molecule has 0 radical (unpaired) electrons. The normalized spacial score (nSPS) is 12.3. The molecule has 3 N–H and O–H groups in total. The van der Waals surface area contributed by atoms with Gasteiger partial charge in [0.05, 0.1) is 27.9 Å². The van der Waals surface area contributed by atoms with Gasteiger partial charge in [0.1, 0.15) is 0 Å². The van der Waals surface area contributed by atoms with E-state index in [9.17, 15) is 0 Å². The van der Waals surface area contributed by atoms with Crippen molar-refractivity contribution >= 4 is 29.9 Å². The van der Waals surface area contributed by atoms with E-state index in [1.54, 1.807) is 21.3 Å². The maximum absolute atomic E-state index is 6.00. The second-order valence-corrected chi connectivity index (χ2v) is 6.61. The van der Waals surface area contributed by atoms with Crippen LogP contribution in [0.15, 0.2) is 17.1 Å². The monoisotopic (exact) mass is 479 g/mol. The Labute approximate surface area is 174 Å². The molecule has 0 aliphatic carbocycles. The van der Waals surface area contributed by atoms with E-state index >= 15 is 0 Å². The number of nitrogens with two attached hydrogens (primary N) is 1. The molecular weight excluding hydrogens is 445 g/mol. The smallest absolute Gasteiger partial charge is 0.203 e. The van der Waals surface area contributed by atoms with Crippen LogP contribution < -0.4 is 25.3 Å². The zero-order valence-electron chi connectivity index (χ0n) is 16.8. The van der Waals surface area contributed by atoms with Gasteiger partial charge in [-0.3, -0.25) is 0 Å². The van der Waals surface area contributed by atoms with Gasteiger partial charge in [-0.25, -0.2) is 4.99 Å². The first-order valence-corrected chi connectivity index (χ1v) is 8.76. The van der Waals surface area contributed by atoms with E-state index in [4.69, 9.17) is 19.9 Å². The number of rotatable bonds is 10. The van der Waals surface area contributed by atoms with Crippen LogP contribution in [-0.2, 0) is 6.54 Å². The van der Waals surface area contributed by atoms with E-state index < -0.39 is 0 Å². The first kappa shape index (κ1) is 24.6. The summed E-state index contributed by atoms with van der Waals surface area (Å²) in [6, 6.07) is 4.07. The number of methoxy groups -OCH3 is 3. The highest BCUT2D eigenvalue weighted by Gasteiger charge is 2.13. The zero-order chi connectivity index (χ0) is 18.8. The van der Waals surface area contributed by atoms with Crippen LogP contribution in [0.4, 0.5) is 0 Å². The highest BCUT2D eigenvalue weighted by atomic mass is 127. The van der Waals surface area contributed by atoms with Crippen LogP contribution in [0.25, 0.3) is 0 Å². The van der Waals surface area contributed by atoms with Crippen molar-refractivity contribution in [2.75, 3.05) is 21.3 Å². The third-order valence-corrected chi connectivity index (χ3v) is 3.97. The van der Waals surface area contributed by atoms with Crippen LogP contribution in [0, 0.1) is 5.92 Å². The van der Waals surface area contributed by atoms with Crippen molar-refractivity contribution in [3.63, 3.8) is 0 Å². The molecule has 0 aromatic heterocycles. The van der Waals surface area contributed by atoms with Gasteiger partial charge in [0.25, 0.3) is 0 Å². The van der Waals surface area contributed by atoms with E-state index in [2.05, 4.69) is 31.1 Å². The quantitative estimate of drug-likeness (QED) is 0.302. The predicted molar refractivity (Wildman–Crippen MR) is 118 cm³/mol. The van der Waals surface area contributed by atoms with E-state index in [1.165, 1.54) is 12.8 Å². The van der Waals surface area contributed by atoms with Crippen LogP contribution >= 0.6 is 24.0 Å². The van der Waals surface area contributed by atoms with Crippen LogP contribution in [0.1, 0.15) is 45.6 Å². The highest BCUT2D eigenvalue weighted by Crippen LogP contribution is 2.38. The summed E-state index contributed by atoms with van der Waals surface area (Å²) in [5.41, 5.74) is 6.94. The van der Waals surface area contributed by atoms with Crippen molar-refractivity contribution in [3.8, 4) is 17.2 Å². The van der Waals surface area contributed by atoms with Crippen LogP contribution in [-0.4, -0.2) is 33.3 Å². The van der Waals surface area contributed by atoms with Gasteiger partial charge in [-0.1, -0.05) is 26.7 Å². The minimum absolute atomic E-state index is 0. The number of hydrogen-bond acceptors (Lipinski definition) is 4. The van der Waals surface area contributed by atoms with Crippen LogP contribution in [0.5, 0.6) is 17.2 Å². The maximum atomic E-state index is 6.00. The maximum Gasteiger partial charge on any atom is 0.203 e. The Bertz CT molecular complexity index is 540. The van der Waals surface area contributed by atoms with Gasteiger partial charge in [0.2, 0.25) is 5.75 Å². The van der Waals surface area contributed by atoms with Crippen molar-refractivity contribution < 1.29 is 14.2 Å². The van der Waals surface area contributed by atoms with E-state index in [-0.39, 0.29) is 24.0 Å². The summed E-state index contributed by atoms with van der Waals surface area (Å²) in [6.45, 7) is 7.05. The second-order valence-electron chi connectivity index (χ2n) is 6.61. The number of hydrogen-bond donors (Lipinski definition) is 2.